The van der Waals surface area contributed by atoms with Crippen molar-refractivity contribution in [2.75, 3.05) is 14.2 Å². The molecule has 2 aliphatic rings. The molecule has 0 radical (unpaired) electrons. The summed E-state index contributed by atoms with van der Waals surface area (Å²) in [5, 5.41) is 0. The fraction of sp³-hybridized carbons (Fsp3) is 1.00. The highest BCUT2D eigenvalue weighted by atomic mass is 17.3. The molecule has 166 valence electrons. The lowest BCUT2D eigenvalue weighted by Crippen LogP contribution is -2.56. The van der Waals surface area contributed by atoms with Crippen molar-refractivity contribution in [3.8, 4) is 0 Å². The lowest BCUT2D eigenvalue weighted by atomic mass is 9.66. The third-order valence-electron chi connectivity index (χ3n) is 8.32. The normalized spacial score (nSPS) is 35.1. The molecule has 4 atom stereocenters. The van der Waals surface area contributed by atoms with Crippen LogP contribution in [0.1, 0.15) is 106 Å². The third-order valence-corrected chi connectivity index (χ3v) is 8.32. The van der Waals surface area contributed by atoms with Crippen LogP contribution in [-0.4, -0.2) is 25.8 Å². The Labute approximate surface area is 174 Å². The Morgan fingerprint density at radius 1 is 0.679 bits per heavy atom. The third kappa shape index (κ3) is 4.61. The molecule has 0 aromatic rings. The Hall–Kier alpha value is -0.160. The van der Waals surface area contributed by atoms with Crippen LogP contribution in [0, 0.1) is 22.7 Å². The molecule has 0 heterocycles. The lowest BCUT2D eigenvalue weighted by molar-refractivity contribution is -0.530. The molecule has 0 amide bonds. The van der Waals surface area contributed by atoms with Crippen LogP contribution in [0.15, 0.2) is 0 Å². The van der Waals surface area contributed by atoms with E-state index in [1.807, 2.05) is 0 Å². The molecule has 2 aliphatic carbocycles. The molecule has 0 aromatic carbocycles. The summed E-state index contributed by atoms with van der Waals surface area (Å²) in [7, 11) is 3.56. The molecular weight excluding hydrogens is 352 g/mol. The standard InChI is InChI=1S/C24H46O4/c1-9-21(3,4)19-15-11-13-17-23(19,25-7)27-28-24(26-8)18-14-12-16-20(24)22(5,6)10-2/h19-20H,9-18H2,1-8H3. The Kier molecular flexibility index (Phi) is 8.03. The second-order valence-corrected chi connectivity index (χ2v) is 10.5. The highest BCUT2D eigenvalue weighted by Crippen LogP contribution is 2.52. The molecule has 0 aliphatic heterocycles. The van der Waals surface area contributed by atoms with Gasteiger partial charge in [0.25, 0.3) is 0 Å². The summed E-state index contributed by atoms with van der Waals surface area (Å²) < 4.78 is 12.2. The quantitative estimate of drug-likeness (QED) is 0.241. The maximum atomic E-state index is 6.38. The average molecular weight is 399 g/mol. The Bertz CT molecular complexity index is 445. The van der Waals surface area contributed by atoms with Crippen molar-refractivity contribution in [3.63, 3.8) is 0 Å². The maximum absolute atomic E-state index is 6.38. The summed E-state index contributed by atoms with van der Waals surface area (Å²) in [5.74, 6) is -0.777. The molecule has 2 rings (SSSR count). The number of methoxy groups -OCH3 is 2. The lowest BCUT2D eigenvalue weighted by Gasteiger charge is -2.52. The van der Waals surface area contributed by atoms with Crippen molar-refractivity contribution < 1.29 is 19.2 Å². The van der Waals surface area contributed by atoms with Crippen LogP contribution in [0.2, 0.25) is 0 Å². The monoisotopic (exact) mass is 398 g/mol. The van der Waals surface area contributed by atoms with Crippen LogP contribution in [-0.2, 0) is 19.2 Å². The van der Waals surface area contributed by atoms with E-state index in [4.69, 9.17) is 19.2 Å². The van der Waals surface area contributed by atoms with E-state index in [-0.39, 0.29) is 10.8 Å². The summed E-state index contributed by atoms with van der Waals surface area (Å²) in [6.45, 7) is 13.8. The second kappa shape index (κ2) is 9.32. The van der Waals surface area contributed by atoms with Crippen LogP contribution >= 0.6 is 0 Å². The predicted molar refractivity (Wildman–Crippen MR) is 114 cm³/mol. The smallest absolute Gasteiger partial charge is 0.204 e. The van der Waals surface area contributed by atoms with Gasteiger partial charge in [-0.1, -0.05) is 67.2 Å². The summed E-state index contributed by atoms with van der Waals surface area (Å²) >= 11 is 0. The highest BCUT2D eigenvalue weighted by Gasteiger charge is 2.54. The minimum absolute atomic E-state index is 0.134. The van der Waals surface area contributed by atoms with Gasteiger partial charge in [0.05, 0.1) is 0 Å². The van der Waals surface area contributed by atoms with E-state index in [9.17, 15) is 0 Å². The van der Waals surface area contributed by atoms with Crippen LogP contribution < -0.4 is 0 Å². The number of rotatable bonds is 9. The molecule has 0 aromatic heterocycles. The fourth-order valence-corrected chi connectivity index (χ4v) is 5.59. The number of ether oxygens (including phenoxy) is 2. The molecule has 2 saturated carbocycles. The molecule has 0 bridgehead atoms. The predicted octanol–water partition coefficient (Wildman–Crippen LogP) is 6.87. The second-order valence-electron chi connectivity index (χ2n) is 10.5. The van der Waals surface area contributed by atoms with Gasteiger partial charge >= 0.3 is 0 Å². The SMILES string of the molecule is CCC(C)(C)C1CCCCC1(OC)OOC1(OC)CCCCC1C(C)(C)CC. The minimum Gasteiger partial charge on any atom is -0.350 e. The average Bonchev–Trinajstić information content (AvgIpc) is 2.72. The van der Waals surface area contributed by atoms with E-state index in [1.54, 1.807) is 14.2 Å². The van der Waals surface area contributed by atoms with Crippen molar-refractivity contribution in [3.05, 3.63) is 0 Å². The van der Waals surface area contributed by atoms with E-state index in [0.29, 0.717) is 11.8 Å². The molecule has 4 unspecified atom stereocenters. The highest BCUT2D eigenvalue weighted by molar-refractivity contribution is 4.94. The van der Waals surface area contributed by atoms with E-state index in [2.05, 4.69) is 41.5 Å². The van der Waals surface area contributed by atoms with Gasteiger partial charge in [0.2, 0.25) is 11.6 Å². The maximum Gasteiger partial charge on any atom is 0.204 e. The Morgan fingerprint density at radius 2 is 1.04 bits per heavy atom. The van der Waals surface area contributed by atoms with E-state index in [1.165, 1.54) is 12.8 Å². The zero-order chi connectivity index (χ0) is 21.1. The van der Waals surface area contributed by atoms with Crippen molar-refractivity contribution in [1.29, 1.82) is 0 Å². The van der Waals surface area contributed by atoms with Gasteiger partial charge in [-0.15, -0.1) is 0 Å². The van der Waals surface area contributed by atoms with E-state index in [0.717, 1.165) is 51.4 Å². The first kappa shape index (κ1) is 24.1. The van der Waals surface area contributed by atoms with Gasteiger partial charge < -0.3 is 9.47 Å². The van der Waals surface area contributed by atoms with Crippen molar-refractivity contribution in [2.24, 2.45) is 22.7 Å². The van der Waals surface area contributed by atoms with Crippen LogP contribution in [0.3, 0.4) is 0 Å². The molecule has 0 saturated heterocycles. The molecular formula is C24H46O4. The molecule has 4 nitrogen and oxygen atoms in total. The molecule has 2 fully saturated rings. The summed E-state index contributed by atoms with van der Waals surface area (Å²) in [6.07, 6.45) is 10.8. The van der Waals surface area contributed by atoms with Crippen LogP contribution in [0.5, 0.6) is 0 Å². The first-order valence-corrected chi connectivity index (χ1v) is 11.6. The number of hydrogen-bond donors (Lipinski definition) is 0. The van der Waals surface area contributed by atoms with Crippen molar-refractivity contribution in [1.82, 2.24) is 0 Å². The first-order chi connectivity index (χ1) is 13.1. The van der Waals surface area contributed by atoms with Gasteiger partial charge in [-0.25, -0.2) is 0 Å². The van der Waals surface area contributed by atoms with Gasteiger partial charge in [0, 0.05) is 38.9 Å². The van der Waals surface area contributed by atoms with Gasteiger partial charge in [0.15, 0.2) is 0 Å². The summed E-state index contributed by atoms with van der Waals surface area (Å²) in [4.78, 5) is 12.8. The summed E-state index contributed by atoms with van der Waals surface area (Å²) in [5.41, 5.74) is 0.267. The zero-order valence-electron chi connectivity index (χ0n) is 19.9. The van der Waals surface area contributed by atoms with Crippen LogP contribution in [0.25, 0.3) is 0 Å². The fourth-order valence-electron chi connectivity index (χ4n) is 5.59. The number of hydrogen-bond acceptors (Lipinski definition) is 4. The Morgan fingerprint density at radius 3 is 1.32 bits per heavy atom. The van der Waals surface area contributed by atoms with E-state index >= 15 is 0 Å². The van der Waals surface area contributed by atoms with Gasteiger partial charge in [0.1, 0.15) is 0 Å². The van der Waals surface area contributed by atoms with Gasteiger partial charge in [-0.3, -0.25) is 0 Å². The minimum atomic E-state index is -0.693. The first-order valence-electron chi connectivity index (χ1n) is 11.6. The topological polar surface area (TPSA) is 36.9 Å². The molecule has 28 heavy (non-hydrogen) atoms. The van der Waals surface area contributed by atoms with E-state index < -0.39 is 11.6 Å². The van der Waals surface area contributed by atoms with Crippen molar-refractivity contribution >= 4 is 0 Å². The van der Waals surface area contributed by atoms with Gasteiger partial charge in [-0.2, -0.15) is 9.78 Å². The molecule has 0 spiro atoms. The zero-order valence-corrected chi connectivity index (χ0v) is 19.9. The Balaban J connectivity index is 2.29. The summed E-state index contributed by atoms with van der Waals surface area (Å²) in [6, 6.07) is 0. The largest absolute Gasteiger partial charge is 0.350 e. The molecule has 0 N–H and O–H groups in total. The van der Waals surface area contributed by atoms with Crippen LogP contribution in [0.4, 0.5) is 0 Å². The van der Waals surface area contributed by atoms with Crippen molar-refractivity contribution in [2.45, 2.75) is 117 Å². The van der Waals surface area contributed by atoms with Gasteiger partial charge in [-0.05, 0) is 36.5 Å². The molecule has 4 heteroatoms.